The number of aromatic hydroxyl groups is 1. The molecule has 0 aromatic heterocycles. The Morgan fingerprint density at radius 2 is 2.10 bits per heavy atom. The molecule has 2 heterocycles. The summed E-state index contributed by atoms with van der Waals surface area (Å²) in [5.74, 6) is 1.23. The van der Waals surface area contributed by atoms with E-state index >= 15 is 0 Å². The molecule has 3 rings (SSSR count). The number of aliphatic hydroxyl groups excluding tert-OH is 1. The molecule has 20 heavy (non-hydrogen) atoms. The van der Waals surface area contributed by atoms with E-state index in [0.29, 0.717) is 37.6 Å². The van der Waals surface area contributed by atoms with Crippen LogP contribution in [0.5, 0.6) is 11.5 Å². The quantitative estimate of drug-likeness (QED) is 0.873. The van der Waals surface area contributed by atoms with E-state index in [0.717, 1.165) is 16.7 Å². The maximum atomic E-state index is 10.5. The van der Waals surface area contributed by atoms with E-state index in [1.807, 2.05) is 26.8 Å². The molecule has 1 aromatic rings. The molecular weight excluding hydrogens is 256 g/mol. The van der Waals surface area contributed by atoms with Gasteiger partial charge in [0.2, 0.25) is 0 Å². The van der Waals surface area contributed by atoms with Crippen molar-refractivity contribution in [2.75, 3.05) is 13.2 Å². The number of rotatable bonds is 2. The molecule has 0 saturated carbocycles. The second-order valence-corrected chi connectivity index (χ2v) is 6.21. The van der Waals surface area contributed by atoms with Crippen LogP contribution in [0.1, 0.15) is 55.9 Å². The molecule has 2 N–H and O–H groups in total. The molecule has 2 aliphatic rings. The van der Waals surface area contributed by atoms with Crippen LogP contribution in [-0.2, 0) is 11.2 Å². The summed E-state index contributed by atoms with van der Waals surface area (Å²) in [7, 11) is 0. The van der Waals surface area contributed by atoms with Gasteiger partial charge in [0.05, 0.1) is 19.3 Å². The molecular formula is C16H22O4. The van der Waals surface area contributed by atoms with Gasteiger partial charge in [-0.15, -0.1) is 0 Å². The molecule has 0 aliphatic carbocycles. The van der Waals surface area contributed by atoms with Gasteiger partial charge in [-0.25, -0.2) is 0 Å². The highest BCUT2D eigenvalue weighted by molar-refractivity contribution is 5.56. The molecule has 4 nitrogen and oxygen atoms in total. The van der Waals surface area contributed by atoms with Crippen molar-refractivity contribution in [2.45, 2.75) is 51.2 Å². The van der Waals surface area contributed by atoms with Gasteiger partial charge in [0.15, 0.2) is 5.60 Å². The monoisotopic (exact) mass is 278 g/mol. The average molecular weight is 278 g/mol. The second kappa shape index (κ2) is 4.64. The molecule has 110 valence electrons. The maximum Gasteiger partial charge on any atom is 0.158 e. The van der Waals surface area contributed by atoms with Gasteiger partial charge in [0.25, 0.3) is 0 Å². The number of benzene rings is 1. The number of phenols is 1. The normalized spacial score (nSPS) is 23.4. The lowest BCUT2D eigenvalue weighted by Crippen LogP contribution is -2.57. The van der Waals surface area contributed by atoms with Gasteiger partial charge >= 0.3 is 0 Å². The van der Waals surface area contributed by atoms with Gasteiger partial charge in [0.1, 0.15) is 11.5 Å². The summed E-state index contributed by atoms with van der Waals surface area (Å²) < 4.78 is 11.4. The zero-order valence-corrected chi connectivity index (χ0v) is 12.3. The van der Waals surface area contributed by atoms with Gasteiger partial charge in [-0.2, -0.15) is 0 Å². The highest BCUT2D eigenvalue weighted by atomic mass is 16.6. The second-order valence-electron chi connectivity index (χ2n) is 6.21. The molecule has 1 atom stereocenters. The highest BCUT2D eigenvalue weighted by Gasteiger charge is 2.47. The Morgan fingerprint density at radius 3 is 2.60 bits per heavy atom. The topological polar surface area (TPSA) is 58.9 Å². The predicted octanol–water partition coefficient (Wildman–Crippen LogP) is 2.66. The van der Waals surface area contributed by atoms with Gasteiger partial charge in [-0.1, -0.05) is 20.8 Å². The van der Waals surface area contributed by atoms with Crippen LogP contribution in [0.25, 0.3) is 0 Å². The highest BCUT2D eigenvalue weighted by Crippen LogP contribution is 2.48. The number of ether oxygens (including phenoxy) is 2. The first-order valence-corrected chi connectivity index (χ1v) is 7.31. The minimum atomic E-state index is -0.593. The molecule has 0 radical (unpaired) electrons. The Labute approximate surface area is 119 Å². The fraction of sp³-hybridized carbons (Fsp3) is 0.625. The van der Waals surface area contributed by atoms with Crippen LogP contribution in [0.15, 0.2) is 6.07 Å². The third kappa shape index (κ3) is 1.90. The van der Waals surface area contributed by atoms with Gasteiger partial charge in [-0.3, -0.25) is 0 Å². The molecule has 4 heteroatoms. The van der Waals surface area contributed by atoms with Crippen molar-refractivity contribution < 1.29 is 19.7 Å². The lowest BCUT2D eigenvalue weighted by molar-refractivity contribution is -0.185. The largest absolute Gasteiger partial charge is 0.507 e. The van der Waals surface area contributed by atoms with Crippen molar-refractivity contribution >= 4 is 0 Å². The van der Waals surface area contributed by atoms with E-state index in [9.17, 15) is 10.2 Å². The Kier molecular flexibility index (Phi) is 3.18. The zero-order valence-electron chi connectivity index (χ0n) is 12.3. The first-order valence-electron chi connectivity index (χ1n) is 7.31. The summed E-state index contributed by atoms with van der Waals surface area (Å²) in [4.78, 5) is 0. The Morgan fingerprint density at radius 1 is 1.40 bits per heavy atom. The van der Waals surface area contributed by atoms with Crippen LogP contribution in [0.2, 0.25) is 0 Å². The van der Waals surface area contributed by atoms with Crippen LogP contribution in [0.4, 0.5) is 0 Å². The number of aliphatic hydroxyl groups is 1. The number of phenolic OH excluding ortho intramolecular Hbond substituents is 1. The molecule has 1 fully saturated rings. The number of hydrogen-bond acceptors (Lipinski definition) is 4. The molecule has 2 aliphatic heterocycles. The van der Waals surface area contributed by atoms with Crippen LogP contribution >= 0.6 is 0 Å². The summed E-state index contributed by atoms with van der Waals surface area (Å²) in [6.45, 7) is 7.14. The standard InChI is InChI=1S/C16H22O4/c1-4-10-14-12(17)6-16(7-19-8-16)20-13(14)5-11(9(2)3)15(10)18/h5,9,12,17-18H,4,6-8H2,1-3H3. The first-order chi connectivity index (χ1) is 9.47. The summed E-state index contributed by atoms with van der Waals surface area (Å²) in [5, 5.41) is 20.9. The minimum absolute atomic E-state index is 0.210. The zero-order chi connectivity index (χ0) is 14.5. The van der Waals surface area contributed by atoms with Crippen molar-refractivity contribution in [2.24, 2.45) is 0 Å². The fourth-order valence-electron chi connectivity index (χ4n) is 3.22. The van der Waals surface area contributed by atoms with E-state index in [1.165, 1.54) is 0 Å². The van der Waals surface area contributed by atoms with E-state index in [-0.39, 0.29) is 11.5 Å². The Balaban J connectivity index is 2.14. The van der Waals surface area contributed by atoms with Crippen LogP contribution in [-0.4, -0.2) is 29.0 Å². The first kappa shape index (κ1) is 13.7. The van der Waals surface area contributed by atoms with Gasteiger partial charge in [-0.05, 0) is 18.4 Å². The smallest absolute Gasteiger partial charge is 0.158 e. The molecule has 1 saturated heterocycles. The fourth-order valence-corrected chi connectivity index (χ4v) is 3.22. The predicted molar refractivity (Wildman–Crippen MR) is 75.3 cm³/mol. The summed E-state index contributed by atoms with van der Waals surface area (Å²) >= 11 is 0. The van der Waals surface area contributed by atoms with Crippen LogP contribution in [0.3, 0.4) is 0 Å². The summed E-state index contributed by atoms with van der Waals surface area (Å²) in [5.41, 5.74) is 2.08. The summed E-state index contributed by atoms with van der Waals surface area (Å²) in [6, 6.07) is 1.89. The van der Waals surface area contributed by atoms with E-state index in [1.54, 1.807) is 0 Å². The third-order valence-electron chi connectivity index (χ3n) is 4.37. The lowest BCUT2D eigenvalue weighted by Gasteiger charge is -2.46. The molecule has 1 aromatic carbocycles. The van der Waals surface area contributed by atoms with Crippen molar-refractivity contribution in [1.29, 1.82) is 0 Å². The van der Waals surface area contributed by atoms with E-state index < -0.39 is 6.10 Å². The van der Waals surface area contributed by atoms with Crippen molar-refractivity contribution in [1.82, 2.24) is 0 Å². The lowest BCUT2D eigenvalue weighted by atomic mass is 9.83. The Hall–Kier alpha value is -1.26. The van der Waals surface area contributed by atoms with Crippen LogP contribution < -0.4 is 4.74 Å². The number of fused-ring (bicyclic) bond motifs is 1. The minimum Gasteiger partial charge on any atom is -0.507 e. The molecule has 0 amide bonds. The van der Waals surface area contributed by atoms with Crippen LogP contribution in [0, 0.1) is 0 Å². The average Bonchev–Trinajstić information content (AvgIpc) is 2.36. The Bertz CT molecular complexity index is 532. The van der Waals surface area contributed by atoms with Gasteiger partial charge in [0, 0.05) is 23.1 Å². The third-order valence-corrected chi connectivity index (χ3v) is 4.37. The summed E-state index contributed by atoms with van der Waals surface area (Å²) in [6.07, 6.45) is 0.622. The number of hydrogen-bond donors (Lipinski definition) is 2. The SMILES string of the molecule is CCc1c(O)c(C(C)C)cc2c1C(O)CC1(COC1)O2. The van der Waals surface area contributed by atoms with E-state index in [4.69, 9.17) is 9.47 Å². The molecule has 1 unspecified atom stereocenters. The van der Waals surface area contributed by atoms with E-state index in [2.05, 4.69) is 0 Å². The van der Waals surface area contributed by atoms with Crippen molar-refractivity contribution in [3.63, 3.8) is 0 Å². The molecule has 1 spiro atoms. The van der Waals surface area contributed by atoms with Gasteiger partial charge < -0.3 is 19.7 Å². The van der Waals surface area contributed by atoms with Crippen molar-refractivity contribution in [3.05, 3.63) is 22.8 Å². The maximum absolute atomic E-state index is 10.5. The van der Waals surface area contributed by atoms with Crippen molar-refractivity contribution in [3.8, 4) is 11.5 Å². The molecule has 0 bridgehead atoms.